The van der Waals surface area contributed by atoms with Crippen molar-refractivity contribution in [3.63, 3.8) is 0 Å². The van der Waals surface area contributed by atoms with Gasteiger partial charge in [-0.2, -0.15) is 0 Å². The Morgan fingerprint density at radius 2 is 1.62 bits per heavy atom. The zero-order valence-electron chi connectivity index (χ0n) is 16.1. The van der Waals surface area contributed by atoms with Crippen LogP contribution in [0.1, 0.15) is 17.0 Å². The molecule has 0 radical (unpaired) electrons. The van der Waals surface area contributed by atoms with Crippen LogP contribution >= 0.6 is 12.2 Å². The van der Waals surface area contributed by atoms with Gasteiger partial charge < -0.3 is 10.6 Å². The molecule has 0 aliphatic carbocycles. The number of anilines is 2. The van der Waals surface area contributed by atoms with Crippen molar-refractivity contribution < 1.29 is 4.39 Å². The molecule has 1 heterocycles. The van der Waals surface area contributed by atoms with Gasteiger partial charge in [-0.1, -0.05) is 30.3 Å². The predicted molar refractivity (Wildman–Crippen MR) is 118 cm³/mol. The number of aliphatic imine (C=N–C) groups is 1. The molecule has 3 aromatic rings. The molecule has 0 unspecified atom stereocenters. The number of benzene rings is 2. The Morgan fingerprint density at radius 3 is 2.28 bits per heavy atom. The fraction of sp³-hybridized carbons (Fsp3) is 0.143. The van der Waals surface area contributed by atoms with Crippen LogP contribution in [0, 0.1) is 19.7 Å². The Bertz CT molecular complexity index is 985. The molecule has 0 saturated heterocycles. The zero-order chi connectivity index (χ0) is 20.6. The van der Waals surface area contributed by atoms with Crippen molar-refractivity contribution in [2.45, 2.75) is 20.4 Å². The maximum absolute atomic E-state index is 13.1. The largest absolute Gasteiger partial charge is 0.332 e. The quantitative estimate of drug-likeness (QED) is 0.342. The number of hydrogen-bond acceptors (Lipinski definition) is 4. The van der Waals surface area contributed by atoms with Crippen molar-refractivity contribution in [3.8, 4) is 0 Å². The molecule has 8 heteroatoms. The van der Waals surface area contributed by atoms with Gasteiger partial charge in [-0.25, -0.2) is 19.4 Å². The average Bonchev–Trinajstić information content (AvgIpc) is 2.68. The lowest BCUT2D eigenvalue weighted by Crippen LogP contribution is -2.39. The molecule has 0 amide bonds. The van der Waals surface area contributed by atoms with E-state index >= 15 is 0 Å². The highest BCUT2D eigenvalue weighted by Gasteiger charge is 2.07. The summed E-state index contributed by atoms with van der Waals surface area (Å²) in [6, 6.07) is 17.7. The first-order valence-corrected chi connectivity index (χ1v) is 9.40. The van der Waals surface area contributed by atoms with Gasteiger partial charge in [0.25, 0.3) is 0 Å². The summed E-state index contributed by atoms with van der Waals surface area (Å²) in [4.78, 5) is 13.3. The molecular formula is C21H21FN6S. The van der Waals surface area contributed by atoms with Gasteiger partial charge in [0.15, 0.2) is 5.11 Å². The van der Waals surface area contributed by atoms with Gasteiger partial charge in [-0.15, -0.1) is 0 Å². The molecule has 0 aliphatic heterocycles. The maximum atomic E-state index is 13.1. The number of aryl methyl sites for hydroxylation is 2. The summed E-state index contributed by atoms with van der Waals surface area (Å²) in [7, 11) is 0. The van der Waals surface area contributed by atoms with Crippen LogP contribution < -0.4 is 16.0 Å². The normalized spacial score (nSPS) is 11.1. The Labute approximate surface area is 174 Å². The molecule has 6 nitrogen and oxygen atoms in total. The van der Waals surface area contributed by atoms with Crippen LogP contribution in [-0.4, -0.2) is 21.0 Å². The van der Waals surface area contributed by atoms with Gasteiger partial charge in [0.1, 0.15) is 5.82 Å². The maximum Gasteiger partial charge on any atom is 0.229 e. The summed E-state index contributed by atoms with van der Waals surface area (Å²) < 4.78 is 13.1. The van der Waals surface area contributed by atoms with Crippen LogP contribution in [-0.2, 0) is 6.54 Å². The molecule has 1 aromatic heterocycles. The topological polar surface area (TPSA) is 74.2 Å². The van der Waals surface area contributed by atoms with E-state index in [4.69, 9.17) is 12.2 Å². The van der Waals surface area contributed by atoms with E-state index in [1.54, 1.807) is 12.1 Å². The number of thiocarbonyl (C=S) groups is 1. The number of rotatable bonds is 4. The molecule has 0 bridgehead atoms. The van der Waals surface area contributed by atoms with Crippen molar-refractivity contribution >= 4 is 34.9 Å². The molecule has 3 N–H and O–H groups in total. The van der Waals surface area contributed by atoms with Crippen LogP contribution in [0.15, 0.2) is 65.7 Å². The SMILES string of the molecule is Cc1cc(C)nc(NC(=NCc2ccccc2)NC(=S)Nc2ccc(F)cc2)n1. The fourth-order valence-corrected chi connectivity index (χ4v) is 2.77. The van der Waals surface area contributed by atoms with Gasteiger partial charge in [-0.05, 0) is 62.0 Å². The number of aromatic nitrogens is 2. The molecule has 29 heavy (non-hydrogen) atoms. The molecule has 3 rings (SSSR count). The second-order valence-electron chi connectivity index (χ2n) is 6.34. The smallest absolute Gasteiger partial charge is 0.229 e. The van der Waals surface area contributed by atoms with Crippen molar-refractivity contribution in [3.05, 3.63) is 83.4 Å². The first-order valence-electron chi connectivity index (χ1n) is 8.99. The summed E-state index contributed by atoms with van der Waals surface area (Å²) in [6.07, 6.45) is 0. The standard InChI is InChI=1S/C21H21FN6S/c1-14-12-15(2)25-20(24-14)27-19(23-13-16-6-4-3-5-7-16)28-21(29)26-18-10-8-17(22)9-11-18/h3-12H,13H2,1-2H3,(H3,23,24,25,26,27,28,29). The van der Waals surface area contributed by atoms with E-state index in [1.807, 2.05) is 50.2 Å². The summed E-state index contributed by atoms with van der Waals surface area (Å²) in [6.45, 7) is 4.24. The second kappa shape index (κ2) is 9.70. The molecule has 0 spiro atoms. The summed E-state index contributed by atoms with van der Waals surface area (Å²) in [5.74, 6) is 0.512. The van der Waals surface area contributed by atoms with Gasteiger partial charge in [0.05, 0.1) is 6.54 Å². The minimum absolute atomic E-state index is 0.306. The van der Waals surface area contributed by atoms with Crippen LogP contribution in [0.5, 0.6) is 0 Å². The average molecular weight is 409 g/mol. The Kier molecular flexibility index (Phi) is 6.80. The Hall–Kier alpha value is -3.39. The highest BCUT2D eigenvalue weighted by Crippen LogP contribution is 2.08. The minimum atomic E-state index is -0.312. The predicted octanol–water partition coefficient (Wildman–Crippen LogP) is 4.19. The number of nitrogens with one attached hydrogen (secondary N) is 3. The molecule has 0 aliphatic rings. The van der Waals surface area contributed by atoms with Gasteiger partial charge in [0, 0.05) is 17.1 Å². The Morgan fingerprint density at radius 1 is 0.966 bits per heavy atom. The van der Waals surface area contributed by atoms with Crippen molar-refractivity contribution in [1.82, 2.24) is 15.3 Å². The van der Waals surface area contributed by atoms with Gasteiger partial charge in [0.2, 0.25) is 11.9 Å². The van der Waals surface area contributed by atoms with Crippen molar-refractivity contribution in [2.75, 3.05) is 10.6 Å². The van der Waals surface area contributed by atoms with Crippen LogP contribution in [0.3, 0.4) is 0 Å². The molecule has 0 saturated carbocycles. The van der Waals surface area contributed by atoms with E-state index in [2.05, 4.69) is 30.9 Å². The first-order chi connectivity index (χ1) is 14.0. The van der Waals surface area contributed by atoms with E-state index in [-0.39, 0.29) is 5.82 Å². The molecule has 148 valence electrons. The number of hydrogen-bond donors (Lipinski definition) is 3. The van der Waals surface area contributed by atoms with E-state index in [0.29, 0.717) is 29.3 Å². The van der Waals surface area contributed by atoms with E-state index in [1.165, 1.54) is 12.1 Å². The molecular weight excluding hydrogens is 387 g/mol. The lowest BCUT2D eigenvalue weighted by molar-refractivity contribution is 0.628. The monoisotopic (exact) mass is 408 g/mol. The van der Waals surface area contributed by atoms with Gasteiger partial charge >= 0.3 is 0 Å². The van der Waals surface area contributed by atoms with Crippen LogP contribution in [0.4, 0.5) is 16.0 Å². The molecule has 0 fully saturated rings. The summed E-state index contributed by atoms with van der Waals surface area (Å²) in [5, 5.41) is 9.41. The van der Waals surface area contributed by atoms with E-state index in [9.17, 15) is 4.39 Å². The Balaban J connectivity index is 1.75. The number of halogens is 1. The molecule has 2 aromatic carbocycles. The third-order valence-corrected chi connectivity index (χ3v) is 4.01. The number of guanidine groups is 1. The highest BCUT2D eigenvalue weighted by atomic mass is 32.1. The first kappa shape index (κ1) is 20.3. The van der Waals surface area contributed by atoms with E-state index in [0.717, 1.165) is 17.0 Å². The highest BCUT2D eigenvalue weighted by molar-refractivity contribution is 7.80. The lowest BCUT2D eigenvalue weighted by atomic mass is 10.2. The summed E-state index contributed by atoms with van der Waals surface area (Å²) >= 11 is 5.37. The number of nitrogens with zero attached hydrogens (tertiary/aromatic N) is 3. The van der Waals surface area contributed by atoms with Crippen LogP contribution in [0.2, 0.25) is 0 Å². The van der Waals surface area contributed by atoms with Gasteiger partial charge in [-0.3, -0.25) is 5.32 Å². The van der Waals surface area contributed by atoms with E-state index < -0.39 is 0 Å². The van der Waals surface area contributed by atoms with Crippen molar-refractivity contribution in [1.29, 1.82) is 0 Å². The third-order valence-electron chi connectivity index (χ3n) is 3.81. The fourth-order valence-electron chi connectivity index (χ4n) is 2.55. The third kappa shape index (κ3) is 6.62. The van der Waals surface area contributed by atoms with Crippen LogP contribution in [0.25, 0.3) is 0 Å². The second-order valence-corrected chi connectivity index (χ2v) is 6.74. The molecule has 0 atom stereocenters. The lowest BCUT2D eigenvalue weighted by Gasteiger charge is -2.14. The minimum Gasteiger partial charge on any atom is -0.332 e. The summed E-state index contributed by atoms with van der Waals surface area (Å²) in [5.41, 5.74) is 3.39. The van der Waals surface area contributed by atoms with Crippen molar-refractivity contribution in [2.24, 2.45) is 4.99 Å². The zero-order valence-corrected chi connectivity index (χ0v) is 16.9.